The molecule has 0 radical (unpaired) electrons. The van der Waals surface area contributed by atoms with Crippen LogP contribution in [0.4, 0.5) is 0 Å². The Morgan fingerprint density at radius 1 is 1.10 bits per heavy atom. The molecule has 158 valence electrons. The lowest BCUT2D eigenvalue weighted by Gasteiger charge is -2.24. The maximum atomic E-state index is 12.8. The third-order valence-electron chi connectivity index (χ3n) is 4.78. The minimum atomic E-state index is -0.776. The Kier molecular flexibility index (Phi) is 6.95. The van der Waals surface area contributed by atoms with Crippen LogP contribution in [0.25, 0.3) is 5.76 Å². The highest BCUT2D eigenvalue weighted by Crippen LogP contribution is 2.39. The third kappa shape index (κ3) is 4.57. The van der Waals surface area contributed by atoms with Gasteiger partial charge >= 0.3 is 0 Å². The predicted molar refractivity (Wildman–Crippen MR) is 117 cm³/mol. The first-order chi connectivity index (χ1) is 14.3. The minimum absolute atomic E-state index is 0.00613. The first-order valence-electron chi connectivity index (χ1n) is 9.71. The van der Waals surface area contributed by atoms with Crippen LogP contribution in [-0.2, 0) is 9.59 Å². The van der Waals surface area contributed by atoms with Crippen molar-refractivity contribution >= 4 is 33.4 Å². The summed E-state index contributed by atoms with van der Waals surface area (Å²) >= 11 is 3.37. The fourth-order valence-electron chi connectivity index (χ4n) is 3.34. The highest BCUT2D eigenvalue weighted by molar-refractivity contribution is 9.10. The molecule has 2 N–H and O–H groups in total. The summed E-state index contributed by atoms with van der Waals surface area (Å²) in [6.45, 7) is 4.37. The van der Waals surface area contributed by atoms with Crippen molar-refractivity contribution in [3.05, 3.63) is 69.7 Å². The van der Waals surface area contributed by atoms with Crippen LogP contribution >= 0.6 is 15.9 Å². The molecule has 1 amide bonds. The molecular weight excluding hydrogens is 450 g/mol. The van der Waals surface area contributed by atoms with Gasteiger partial charge in [-0.3, -0.25) is 9.59 Å². The molecule has 1 fully saturated rings. The largest absolute Gasteiger partial charge is 0.507 e. The molecule has 7 heteroatoms. The number of benzene rings is 2. The van der Waals surface area contributed by atoms with Crippen molar-refractivity contribution in [2.45, 2.75) is 19.9 Å². The summed E-state index contributed by atoms with van der Waals surface area (Å²) in [5, 5.41) is 20.4. The van der Waals surface area contributed by atoms with E-state index in [2.05, 4.69) is 15.9 Å². The molecule has 2 aromatic carbocycles. The number of β-amino-alcohol motifs (C(OH)–C–C–N with tert-alkyl or cyclic N) is 1. The average molecular weight is 474 g/mol. The van der Waals surface area contributed by atoms with E-state index in [1.165, 1.54) is 4.90 Å². The van der Waals surface area contributed by atoms with Crippen LogP contribution in [0.1, 0.15) is 31.0 Å². The van der Waals surface area contributed by atoms with Gasteiger partial charge in [0.25, 0.3) is 11.7 Å². The standard InChI is InChI=1S/C23H24BrNO5/c1-14(2)13-30-18-9-5-16(6-10-18)21(27)19-20(15-3-7-17(24)8-4-15)25(11-12-26)23(29)22(19)28/h3-10,14,20,26-27H,11-13H2,1-2H3/b21-19+. The van der Waals surface area contributed by atoms with E-state index in [0.717, 1.165) is 4.47 Å². The van der Waals surface area contributed by atoms with Crippen molar-refractivity contribution in [2.75, 3.05) is 19.8 Å². The van der Waals surface area contributed by atoms with Crippen molar-refractivity contribution in [3.8, 4) is 5.75 Å². The van der Waals surface area contributed by atoms with Crippen molar-refractivity contribution in [3.63, 3.8) is 0 Å². The minimum Gasteiger partial charge on any atom is -0.507 e. The second-order valence-electron chi connectivity index (χ2n) is 7.50. The Balaban J connectivity index is 2.02. The Hall–Kier alpha value is -2.64. The van der Waals surface area contributed by atoms with E-state index >= 15 is 0 Å². The number of carbonyl (C=O) groups excluding carboxylic acids is 2. The van der Waals surface area contributed by atoms with Crippen molar-refractivity contribution < 1.29 is 24.5 Å². The Labute approximate surface area is 183 Å². The summed E-state index contributed by atoms with van der Waals surface area (Å²) in [5.41, 5.74) is 1.09. The van der Waals surface area contributed by atoms with Gasteiger partial charge in [-0.1, -0.05) is 41.9 Å². The zero-order chi connectivity index (χ0) is 21.8. The van der Waals surface area contributed by atoms with Crippen LogP contribution in [0.5, 0.6) is 5.75 Å². The summed E-state index contributed by atoms with van der Waals surface area (Å²) in [4.78, 5) is 26.7. The number of likely N-dealkylation sites (tertiary alicyclic amines) is 1. The number of amides is 1. The van der Waals surface area contributed by atoms with E-state index in [9.17, 15) is 19.8 Å². The third-order valence-corrected chi connectivity index (χ3v) is 5.31. The maximum Gasteiger partial charge on any atom is 0.295 e. The van der Waals surface area contributed by atoms with Gasteiger partial charge in [-0.2, -0.15) is 0 Å². The van der Waals surface area contributed by atoms with Gasteiger partial charge in [0.05, 0.1) is 24.8 Å². The van der Waals surface area contributed by atoms with Crippen molar-refractivity contribution in [1.82, 2.24) is 4.90 Å². The van der Waals surface area contributed by atoms with Crippen LogP contribution in [0.2, 0.25) is 0 Å². The molecule has 1 saturated heterocycles. The van der Waals surface area contributed by atoms with Crippen LogP contribution in [0.3, 0.4) is 0 Å². The van der Waals surface area contributed by atoms with Crippen LogP contribution in [-0.4, -0.2) is 46.6 Å². The maximum absolute atomic E-state index is 12.8. The number of aliphatic hydroxyl groups is 2. The van der Waals surface area contributed by atoms with E-state index < -0.39 is 17.7 Å². The molecule has 0 aliphatic carbocycles. The lowest BCUT2D eigenvalue weighted by Crippen LogP contribution is -2.32. The van der Waals surface area contributed by atoms with Gasteiger partial charge in [0, 0.05) is 16.6 Å². The normalized spacial score (nSPS) is 18.3. The number of aliphatic hydroxyl groups excluding tert-OH is 2. The molecule has 3 rings (SSSR count). The molecule has 1 atom stereocenters. The second-order valence-corrected chi connectivity index (χ2v) is 8.41. The summed E-state index contributed by atoms with van der Waals surface area (Å²) in [7, 11) is 0. The zero-order valence-corrected chi connectivity index (χ0v) is 18.4. The molecular formula is C23H24BrNO5. The Morgan fingerprint density at radius 2 is 1.73 bits per heavy atom. The average Bonchev–Trinajstić information content (AvgIpc) is 2.98. The van der Waals surface area contributed by atoms with Gasteiger partial charge in [0.15, 0.2) is 0 Å². The smallest absolute Gasteiger partial charge is 0.295 e. The Morgan fingerprint density at radius 3 is 2.30 bits per heavy atom. The topological polar surface area (TPSA) is 87.1 Å². The van der Waals surface area contributed by atoms with Gasteiger partial charge in [-0.05, 0) is 47.9 Å². The highest BCUT2D eigenvalue weighted by Gasteiger charge is 2.45. The summed E-state index contributed by atoms with van der Waals surface area (Å²) in [5.74, 6) is -0.724. The number of halogens is 1. The molecule has 6 nitrogen and oxygen atoms in total. The first kappa shape index (κ1) is 22.1. The monoisotopic (exact) mass is 473 g/mol. The number of ketones is 1. The van der Waals surface area contributed by atoms with Gasteiger partial charge in [0.2, 0.25) is 0 Å². The SMILES string of the molecule is CC(C)COc1ccc(/C(O)=C2\C(=O)C(=O)N(CCO)C2c2ccc(Br)cc2)cc1. The fourth-order valence-corrected chi connectivity index (χ4v) is 3.60. The summed E-state index contributed by atoms with van der Waals surface area (Å²) in [6, 6.07) is 13.1. The van der Waals surface area contributed by atoms with E-state index in [1.807, 2.05) is 13.8 Å². The highest BCUT2D eigenvalue weighted by atomic mass is 79.9. The van der Waals surface area contributed by atoms with E-state index in [-0.39, 0.29) is 24.5 Å². The molecule has 1 aliphatic heterocycles. The van der Waals surface area contributed by atoms with Gasteiger partial charge in [-0.15, -0.1) is 0 Å². The molecule has 0 spiro atoms. The van der Waals surface area contributed by atoms with Crippen LogP contribution in [0, 0.1) is 5.92 Å². The molecule has 1 heterocycles. The zero-order valence-electron chi connectivity index (χ0n) is 16.8. The molecule has 0 aromatic heterocycles. The second kappa shape index (κ2) is 9.45. The van der Waals surface area contributed by atoms with Gasteiger partial charge in [0.1, 0.15) is 11.5 Å². The number of nitrogens with zero attached hydrogens (tertiary/aromatic N) is 1. The number of Topliss-reactive ketones (excluding diaryl/α,β-unsaturated/α-hetero) is 1. The molecule has 2 aromatic rings. The van der Waals surface area contributed by atoms with E-state index in [4.69, 9.17) is 4.74 Å². The summed E-state index contributed by atoms with van der Waals surface area (Å²) in [6.07, 6.45) is 0. The van der Waals surface area contributed by atoms with Crippen molar-refractivity contribution in [1.29, 1.82) is 0 Å². The molecule has 30 heavy (non-hydrogen) atoms. The molecule has 0 saturated carbocycles. The molecule has 0 bridgehead atoms. The predicted octanol–water partition coefficient (Wildman–Crippen LogP) is 3.90. The number of carbonyl (C=O) groups is 2. The number of hydrogen-bond acceptors (Lipinski definition) is 5. The van der Waals surface area contributed by atoms with Crippen LogP contribution < -0.4 is 4.74 Å². The summed E-state index contributed by atoms with van der Waals surface area (Å²) < 4.78 is 6.51. The van der Waals surface area contributed by atoms with Crippen LogP contribution in [0.15, 0.2) is 58.6 Å². The lowest BCUT2D eigenvalue weighted by molar-refractivity contribution is -0.140. The molecule has 1 aliphatic rings. The Bertz CT molecular complexity index is 951. The van der Waals surface area contributed by atoms with E-state index in [1.54, 1.807) is 48.5 Å². The lowest BCUT2D eigenvalue weighted by atomic mass is 9.95. The first-order valence-corrected chi connectivity index (χ1v) is 10.5. The number of hydrogen-bond donors (Lipinski definition) is 2. The number of rotatable bonds is 7. The van der Waals surface area contributed by atoms with Gasteiger partial charge < -0.3 is 19.8 Å². The van der Waals surface area contributed by atoms with Crippen molar-refractivity contribution in [2.24, 2.45) is 5.92 Å². The fraction of sp³-hybridized carbons (Fsp3) is 0.304. The molecule has 1 unspecified atom stereocenters. The quantitative estimate of drug-likeness (QED) is 0.361. The van der Waals surface area contributed by atoms with Gasteiger partial charge in [-0.25, -0.2) is 0 Å². The van der Waals surface area contributed by atoms with E-state index in [0.29, 0.717) is 29.4 Å². The number of ether oxygens (including phenoxy) is 1.